The first-order valence-corrected chi connectivity index (χ1v) is 15.7. The summed E-state index contributed by atoms with van der Waals surface area (Å²) in [5.41, 5.74) is -2.28. The zero-order chi connectivity index (χ0) is 29.3. The first kappa shape index (κ1) is 29.3. The van der Waals surface area contributed by atoms with E-state index in [0.29, 0.717) is 25.7 Å². The number of hydrogen-bond acceptors (Lipinski definition) is 7. The van der Waals surface area contributed by atoms with Crippen LogP contribution in [0.2, 0.25) is 0 Å². The molecule has 0 aromatic rings. The van der Waals surface area contributed by atoms with E-state index in [9.17, 15) is 15.0 Å². The van der Waals surface area contributed by atoms with Crippen LogP contribution >= 0.6 is 0 Å². The van der Waals surface area contributed by atoms with E-state index in [0.717, 1.165) is 31.3 Å². The molecule has 0 unspecified atom stereocenters. The Kier molecular flexibility index (Phi) is 6.31. The van der Waals surface area contributed by atoms with Crippen LogP contribution in [0.5, 0.6) is 0 Å². The molecule has 5 fully saturated rings. The van der Waals surface area contributed by atoms with Crippen LogP contribution in [-0.2, 0) is 23.7 Å². The second-order valence-corrected chi connectivity index (χ2v) is 16.3. The molecule has 0 radical (unpaired) electrons. The van der Waals surface area contributed by atoms with Crippen LogP contribution in [0.15, 0.2) is 11.6 Å². The number of fused-ring (bicyclic) bond motifs is 6. The topological polar surface area (TPSA) is 94.5 Å². The van der Waals surface area contributed by atoms with E-state index >= 15 is 0 Å². The maximum atomic E-state index is 13.8. The van der Waals surface area contributed by atoms with Crippen molar-refractivity contribution < 1.29 is 34.0 Å². The Morgan fingerprint density at radius 2 is 1.60 bits per heavy atom. The minimum Gasteiger partial charge on any atom is -0.390 e. The van der Waals surface area contributed by atoms with Crippen LogP contribution in [-0.4, -0.2) is 62.7 Å². The van der Waals surface area contributed by atoms with Crippen LogP contribution in [0.3, 0.4) is 0 Å². The average molecular weight is 561 g/mol. The first-order chi connectivity index (χ1) is 18.2. The summed E-state index contributed by atoms with van der Waals surface area (Å²) in [6.45, 7) is 18.2. The Hall–Kier alpha value is -0.830. The van der Waals surface area contributed by atoms with E-state index in [2.05, 4.69) is 20.8 Å². The highest BCUT2D eigenvalue weighted by Crippen LogP contribution is 2.70. The fourth-order valence-corrected chi connectivity index (χ4v) is 10.5. The predicted molar refractivity (Wildman–Crippen MR) is 150 cm³/mol. The summed E-state index contributed by atoms with van der Waals surface area (Å²) in [5, 5.41) is 23.3. The van der Waals surface area contributed by atoms with E-state index in [1.807, 2.05) is 47.6 Å². The molecule has 4 aliphatic carbocycles. The molecule has 2 aliphatic heterocycles. The van der Waals surface area contributed by atoms with Crippen molar-refractivity contribution in [1.82, 2.24) is 0 Å². The van der Waals surface area contributed by atoms with Crippen molar-refractivity contribution in [3.05, 3.63) is 11.6 Å². The van der Waals surface area contributed by atoms with Gasteiger partial charge in [-0.25, -0.2) is 0 Å². The van der Waals surface area contributed by atoms with E-state index < -0.39 is 33.8 Å². The van der Waals surface area contributed by atoms with Gasteiger partial charge in [0.15, 0.2) is 17.4 Å². The lowest BCUT2D eigenvalue weighted by Crippen LogP contribution is -2.62. The maximum absolute atomic E-state index is 13.8. The largest absolute Gasteiger partial charge is 0.390 e. The number of hydrogen-bond donors (Lipinski definition) is 2. The second kappa shape index (κ2) is 8.63. The van der Waals surface area contributed by atoms with Gasteiger partial charge in [-0.2, -0.15) is 0 Å². The van der Waals surface area contributed by atoms with Crippen molar-refractivity contribution in [2.45, 2.75) is 160 Å². The maximum Gasteiger partial charge on any atom is 0.164 e. The lowest BCUT2D eigenvalue weighted by Gasteiger charge is -2.60. The first-order valence-electron chi connectivity index (χ1n) is 15.7. The molecular weight excluding hydrogens is 508 g/mol. The molecule has 0 spiro atoms. The van der Waals surface area contributed by atoms with Crippen LogP contribution in [0.25, 0.3) is 0 Å². The molecule has 6 rings (SSSR count). The van der Waals surface area contributed by atoms with Crippen molar-refractivity contribution in [1.29, 1.82) is 0 Å². The fourth-order valence-electron chi connectivity index (χ4n) is 10.5. The quantitative estimate of drug-likeness (QED) is 0.472. The van der Waals surface area contributed by atoms with Crippen LogP contribution < -0.4 is 0 Å². The molecule has 2 N–H and O–H groups in total. The highest BCUT2D eigenvalue weighted by Gasteiger charge is 2.71. The molecule has 40 heavy (non-hydrogen) atoms. The number of aliphatic hydroxyl groups is 2. The summed E-state index contributed by atoms with van der Waals surface area (Å²) in [6, 6.07) is 0. The monoisotopic (exact) mass is 560 g/mol. The molecule has 226 valence electrons. The van der Waals surface area contributed by atoms with Gasteiger partial charge in [-0.3, -0.25) is 4.79 Å². The Morgan fingerprint density at radius 1 is 0.925 bits per heavy atom. The third kappa shape index (κ3) is 4.16. The van der Waals surface area contributed by atoms with Gasteiger partial charge in [-0.1, -0.05) is 13.8 Å². The van der Waals surface area contributed by atoms with E-state index in [1.165, 1.54) is 0 Å². The van der Waals surface area contributed by atoms with E-state index in [-0.39, 0.29) is 47.3 Å². The van der Waals surface area contributed by atoms with Gasteiger partial charge < -0.3 is 29.2 Å². The van der Waals surface area contributed by atoms with E-state index in [4.69, 9.17) is 18.9 Å². The summed E-state index contributed by atoms with van der Waals surface area (Å²) in [5.74, 6) is -1.17. The predicted octanol–water partition coefficient (Wildman–Crippen LogP) is 5.45. The van der Waals surface area contributed by atoms with Crippen molar-refractivity contribution in [3.63, 3.8) is 0 Å². The van der Waals surface area contributed by atoms with Gasteiger partial charge in [-0.15, -0.1) is 0 Å². The molecule has 6 aliphatic rings. The number of allylic oxidation sites excluding steroid dienone is 1. The molecule has 0 aromatic carbocycles. The fraction of sp³-hybridized carbons (Fsp3) is 0.909. The number of ether oxygens (including phenoxy) is 4. The molecule has 0 aromatic heterocycles. The van der Waals surface area contributed by atoms with Crippen LogP contribution in [0.4, 0.5) is 0 Å². The van der Waals surface area contributed by atoms with Gasteiger partial charge in [0, 0.05) is 11.3 Å². The van der Waals surface area contributed by atoms with Crippen molar-refractivity contribution in [2.75, 3.05) is 0 Å². The number of ketones is 1. The molecule has 0 amide bonds. The lowest BCUT2D eigenvalue weighted by atomic mass is 9.45. The normalized spacial score (nSPS) is 51.1. The van der Waals surface area contributed by atoms with Crippen molar-refractivity contribution in [3.8, 4) is 0 Å². The smallest absolute Gasteiger partial charge is 0.164 e. The Bertz CT molecular complexity index is 1100. The summed E-state index contributed by atoms with van der Waals surface area (Å²) < 4.78 is 25.8. The Balaban J connectivity index is 1.33. The third-order valence-electron chi connectivity index (χ3n) is 12.2. The van der Waals surface area contributed by atoms with Crippen LogP contribution in [0.1, 0.15) is 114 Å². The molecule has 10 atom stereocenters. The molecular formula is C33H52O7. The summed E-state index contributed by atoms with van der Waals surface area (Å²) in [7, 11) is 0. The van der Waals surface area contributed by atoms with Gasteiger partial charge >= 0.3 is 0 Å². The summed E-state index contributed by atoms with van der Waals surface area (Å²) in [4.78, 5) is 13.8. The number of carbonyl (C=O) groups is 1. The highest BCUT2D eigenvalue weighted by atomic mass is 16.8. The number of carbonyl (C=O) groups excluding carboxylic acids is 1. The average Bonchev–Trinajstić information content (AvgIpc) is 3.34. The zero-order valence-electron chi connectivity index (χ0n) is 26.1. The molecule has 3 saturated carbocycles. The van der Waals surface area contributed by atoms with Gasteiger partial charge in [0.1, 0.15) is 0 Å². The summed E-state index contributed by atoms with van der Waals surface area (Å²) >= 11 is 0. The SMILES string of the molecule is CC(C)(O)CC[C@@H]1OC(C)(C)O[C@]1(C)[C@H]1CC[C@@]2(O)C3=CC(=O)[C@@H]4C[C@H]5OC(C)(C)O[C@H]5C[C@]4(C)[C@H]3CC[C@]12C. The standard InChI is InChI=1S/C33H52O7/c1-27(2,35)13-12-26-32(9,40-29(5,6)39-26)25-11-15-33(36)20-16-22(34)21-17-23-24(38-28(3,4)37-23)18-30(21,7)19(20)10-14-31(25,33)8/h16,19,21,23-26,35-36H,10-15,17-18H2,1-9H3/t19-,21-,23+,24-,25-,26-,30+,31+,32+,33+/m0/s1. The van der Waals surface area contributed by atoms with Gasteiger partial charge in [0.25, 0.3) is 0 Å². The minimum atomic E-state index is -1.08. The highest BCUT2D eigenvalue weighted by molar-refractivity contribution is 5.95. The second-order valence-electron chi connectivity index (χ2n) is 16.3. The molecule has 2 heterocycles. The van der Waals surface area contributed by atoms with E-state index in [1.54, 1.807) is 0 Å². The van der Waals surface area contributed by atoms with Crippen molar-refractivity contribution >= 4 is 5.78 Å². The third-order valence-corrected chi connectivity index (χ3v) is 12.2. The number of rotatable bonds is 4. The lowest BCUT2D eigenvalue weighted by molar-refractivity contribution is -0.190. The molecule has 0 bridgehead atoms. The Morgan fingerprint density at radius 3 is 2.27 bits per heavy atom. The summed E-state index contributed by atoms with van der Waals surface area (Å²) in [6.07, 6.45) is 7.51. The Labute approximate surface area is 240 Å². The minimum absolute atomic E-state index is 0.0237. The van der Waals surface area contributed by atoms with Crippen molar-refractivity contribution in [2.24, 2.45) is 28.6 Å². The molecule has 2 saturated heterocycles. The molecule has 7 nitrogen and oxygen atoms in total. The zero-order valence-corrected chi connectivity index (χ0v) is 26.1. The van der Waals surface area contributed by atoms with Crippen LogP contribution in [0, 0.1) is 28.6 Å². The molecule has 7 heteroatoms. The van der Waals surface area contributed by atoms with Gasteiger partial charge in [-0.05, 0) is 129 Å². The van der Waals surface area contributed by atoms with Gasteiger partial charge in [0.05, 0.1) is 35.1 Å². The van der Waals surface area contributed by atoms with Gasteiger partial charge in [0.2, 0.25) is 0 Å².